The van der Waals surface area contributed by atoms with Crippen LogP contribution in [0.5, 0.6) is 11.6 Å². The molecule has 0 bridgehead atoms. The molecule has 0 amide bonds. The number of nitrogens with zero attached hydrogens (tertiary/aromatic N) is 3. The molecule has 0 saturated heterocycles. The molecule has 0 spiro atoms. The Labute approximate surface area is 117 Å². The number of ether oxygens (including phenoxy) is 1. The van der Waals surface area contributed by atoms with Crippen molar-refractivity contribution in [3.63, 3.8) is 0 Å². The van der Waals surface area contributed by atoms with Gasteiger partial charge in [0, 0.05) is 12.1 Å². The van der Waals surface area contributed by atoms with Crippen molar-refractivity contribution in [3.05, 3.63) is 44.6 Å². The smallest absolute Gasteiger partial charge is 0.288 e. The molecule has 98 valence electrons. The summed E-state index contributed by atoms with van der Waals surface area (Å²) >= 11 is 11.6. The molecule has 1 heterocycles. The molecule has 0 radical (unpaired) electrons. The molecule has 19 heavy (non-hydrogen) atoms. The largest absolute Gasteiger partial charge is 0.437 e. The summed E-state index contributed by atoms with van der Waals surface area (Å²) in [7, 11) is 0. The highest BCUT2D eigenvalue weighted by molar-refractivity contribution is 6.33. The summed E-state index contributed by atoms with van der Waals surface area (Å²) in [6, 6.07) is 3.88. The third kappa shape index (κ3) is 3.01. The number of anilines is 1. The quantitative estimate of drug-likeness (QED) is 0.690. The topological polar surface area (TPSA) is 104 Å². The van der Waals surface area contributed by atoms with Gasteiger partial charge in [0.15, 0.2) is 0 Å². The van der Waals surface area contributed by atoms with E-state index in [2.05, 4.69) is 9.97 Å². The van der Waals surface area contributed by atoms with E-state index in [0.717, 1.165) is 0 Å². The first-order chi connectivity index (χ1) is 8.97. The summed E-state index contributed by atoms with van der Waals surface area (Å²) in [4.78, 5) is 17.5. The van der Waals surface area contributed by atoms with Gasteiger partial charge in [-0.1, -0.05) is 23.2 Å². The number of nitro benzene ring substituents is 1. The van der Waals surface area contributed by atoms with E-state index in [1.54, 1.807) is 0 Å². The van der Waals surface area contributed by atoms with E-state index < -0.39 is 4.92 Å². The Morgan fingerprint density at radius 1 is 1.32 bits per heavy atom. The highest BCUT2D eigenvalue weighted by Crippen LogP contribution is 2.32. The van der Waals surface area contributed by atoms with Crippen molar-refractivity contribution in [2.24, 2.45) is 0 Å². The van der Waals surface area contributed by atoms with Crippen LogP contribution in [0.1, 0.15) is 0 Å². The molecule has 0 aliphatic carbocycles. The predicted molar refractivity (Wildman–Crippen MR) is 69.6 cm³/mol. The molecule has 0 saturated carbocycles. The van der Waals surface area contributed by atoms with Crippen molar-refractivity contribution in [3.8, 4) is 11.6 Å². The molecule has 7 nitrogen and oxygen atoms in total. The molecule has 2 N–H and O–H groups in total. The van der Waals surface area contributed by atoms with Gasteiger partial charge in [0.05, 0.1) is 11.1 Å². The summed E-state index contributed by atoms with van der Waals surface area (Å²) in [5.41, 5.74) is 5.18. The number of nitrogen functional groups attached to an aromatic ring is 1. The Morgan fingerprint density at radius 2 is 2.05 bits per heavy atom. The molecule has 0 aliphatic heterocycles. The summed E-state index contributed by atoms with van der Waals surface area (Å²) in [6.45, 7) is 0. The maximum absolute atomic E-state index is 10.6. The maximum Gasteiger partial charge on any atom is 0.288 e. The second-order valence-corrected chi connectivity index (χ2v) is 4.17. The van der Waals surface area contributed by atoms with E-state index in [-0.39, 0.29) is 33.3 Å². The fourth-order valence-electron chi connectivity index (χ4n) is 1.25. The zero-order chi connectivity index (χ0) is 14.0. The van der Waals surface area contributed by atoms with E-state index >= 15 is 0 Å². The zero-order valence-electron chi connectivity index (χ0n) is 9.21. The van der Waals surface area contributed by atoms with Crippen molar-refractivity contribution in [1.82, 2.24) is 9.97 Å². The number of aromatic nitrogens is 2. The van der Waals surface area contributed by atoms with Gasteiger partial charge in [-0.25, -0.2) is 4.98 Å². The first-order valence-electron chi connectivity index (χ1n) is 4.87. The maximum atomic E-state index is 10.6. The summed E-state index contributed by atoms with van der Waals surface area (Å²) in [5, 5.41) is 10.7. The van der Waals surface area contributed by atoms with Crippen LogP contribution in [0.2, 0.25) is 10.0 Å². The van der Waals surface area contributed by atoms with Crippen molar-refractivity contribution < 1.29 is 9.66 Å². The number of benzene rings is 1. The van der Waals surface area contributed by atoms with Gasteiger partial charge in [-0.3, -0.25) is 10.1 Å². The molecule has 0 atom stereocenters. The van der Waals surface area contributed by atoms with Crippen LogP contribution in [0.15, 0.2) is 24.4 Å². The third-order valence-electron chi connectivity index (χ3n) is 2.06. The van der Waals surface area contributed by atoms with Gasteiger partial charge in [0.2, 0.25) is 11.8 Å². The van der Waals surface area contributed by atoms with Crippen LogP contribution in [-0.4, -0.2) is 14.9 Å². The Balaban J connectivity index is 2.31. The fraction of sp³-hybridized carbons (Fsp3) is 0. The molecule has 2 aromatic rings. The van der Waals surface area contributed by atoms with Crippen LogP contribution < -0.4 is 10.5 Å². The molecule has 9 heteroatoms. The van der Waals surface area contributed by atoms with Gasteiger partial charge in [0.1, 0.15) is 15.8 Å². The van der Waals surface area contributed by atoms with E-state index in [4.69, 9.17) is 33.7 Å². The lowest BCUT2D eigenvalue weighted by atomic mass is 10.3. The number of halogens is 2. The monoisotopic (exact) mass is 300 g/mol. The van der Waals surface area contributed by atoms with Gasteiger partial charge < -0.3 is 10.5 Å². The van der Waals surface area contributed by atoms with E-state index in [0.29, 0.717) is 0 Å². The molecule has 2 rings (SSSR count). The minimum atomic E-state index is -0.595. The Hall–Kier alpha value is -2.12. The molecule has 1 aromatic heterocycles. The first kappa shape index (κ1) is 13.3. The SMILES string of the molecule is Nc1ncc(Cl)c(Oc2ccc([N+](=O)[O-])c(Cl)c2)n1. The van der Waals surface area contributed by atoms with Crippen molar-refractivity contribution in [2.45, 2.75) is 0 Å². The summed E-state index contributed by atoms with van der Waals surface area (Å²) in [5.74, 6) is 0.280. The lowest BCUT2D eigenvalue weighted by Gasteiger charge is -2.06. The molecule has 0 fully saturated rings. The second kappa shape index (κ2) is 5.25. The van der Waals surface area contributed by atoms with E-state index in [9.17, 15) is 10.1 Å². The van der Waals surface area contributed by atoms with Crippen LogP contribution >= 0.6 is 23.2 Å². The molecular formula is C10H6Cl2N4O3. The van der Waals surface area contributed by atoms with E-state index in [1.165, 1.54) is 24.4 Å². The van der Waals surface area contributed by atoms with Gasteiger partial charge >= 0.3 is 0 Å². The Bertz CT molecular complexity index is 651. The third-order valence-corrected chi connectivity index (χ3v) is 2.62. The molecule has 0 aliphatic rings. The predicted octanol–water partition coefficient (Wildman–Crippen LogP) is 3.07. The summed E-state index contributed by atoms with van der Waals surface area (Å²) < 4.78 is 5.34. The van der Waals surface area contributed by atoms with E-state index in [1.807, 2.05) is 0 Å². The van der Waals surface area contributed by atoms with Crippen LogP contribution in [0, 0.1) is 10.1 Å². The van der Waals surface area contributed by atoms with Gasteiger partial charge in [0.25, 0.3) is 5.69 Å². The fourth-order valence-corrected chi connectivity index (χ4v) is 1.62. The number of hydrogen-bond donors (Lipinski definition) is 1. The number of rotatable bonds is 3. The van der Waals surface area contributed by atoms with Gasteiger partial charge in [-0.05, 0) is 6.07 Å². The minimum Gasteiger partial charge on any atom is -0.437 e. The average Bonchev–Trinajstić information content (AvgIpc) is 2.33. The normalized spacial score (nSPS) is 10.2. The zero-order valence-corrected chi connectivity index (χ0v) is 10.7. The lowest BCUT2D eigenvalue weighted by Crippen LogP contribution is -1.97. The Morgan fingerprint density at radius 3 is 2.68 bits per heavy atom. The van der Waals surface area contributed by atoms with Crippen molar-refractivity contribution >= 4 is 34.8 Å². The van der Waals surface area contributed by atoms with Crippen LogP contribution in [0.4, 0.5) is 11.6 Å². The van der Waals surface area contributed by atoms with Crippen LogP contribution in [0.25, 0.3) is 0 Å². The number of nitrogens with two attached hydrogens (primary N) is 1. The second-order valence-electron chi connectivity index (χ2n) is 3.35. The van der Waals surface area contributed by atoms with Crippen molar-refractivity contribution in [1.29, 1.82) is 0 Å². The van der Waals surface area contributed by atoms with Gasteiger partial charge in [-0.15, -0.1) is 0 Å². The van der Waals surface area contributed by atoms with Crippen LogP contribution in [-0.2, 0) is 0 Å². The molecule has 1 aromatic carbocycles. The number of hydrogen-bond acceptors (Lipinski definition) is 6. The first-order valence-corrected chi connectivity index (χ1v) is 5.63. The van der Waals surface area contributed by atoms with Crippen molar-refractivity contribution in [2.75, 3.05) is 5.73 Å². The average molecular weight is 301 g/mol. The highest BCUT2D eigenvalue weighted by atomic mass is 35.5. The standard InChI is InChI=1S/C10H6Cl2N4O3/c11-6-3-5(1-2-8(6)16(17)18)19-9-7(12)4-14-10(13)15-9/h1-4H,(H2,13,14,15). The number of nitro groups is 1. The molecular weight excluding hydrogens is 295 g/mol. The highest BCUT2D eigenvalue weighted by Gasteiger charge is 2.14. The van der Waals surface area contributed by atoms with Gasteiger partial charge in [-0.2, -0.15) is 4.98 Å². The molecule has 0 unspecified atom stereocenters. The lowest BCUT2D eigenvalue weighted by molar-refractivity contribution is -0.384. The minimum absolute atomic E-state index is 0.00703. The Kier molecular flexibility index (Phi) is 3.68. The summed E-state index contributed by atoms with van der Waals surface area (Å²) in [6.07, 6.45) is 1.28. The van der Waals surface area contributed by atoms with Crippen LogP contribution in [0.3, 0.4) is 0 Å².